The number of aldehydes is 1. The van der Waals surface area contributed by atoms with E-state index in [1.54, 1.807) is 12.0 Å². The number of likely N-dealkylation sites (N-methyl/N-ethyl adjacent to an activating group) is 1. The normalized spacial score (nSPS) is 22.0. The summed E-state index contributed by atoms with van der Waals surface area (Å²) in [6, 6.07) is 0. The van der Waals surface area contributed by atoms with Gasteiger partial charge in [0.1, 0.15) is 36.8 Å². The van der Waals surface area contributed by atoms with E-state index in [1.165, 1.54) is 0 Å². The molecule has 394 valence electrons. The molecule has 0 spiro atoms. The number of hydrogen-bond donors (Lipinski definition) is 13. The SMILES string of the molecule is CCN(CC=O)CC(=O)NCCCCCC(=O)NCCO[C@H]1OC(CO)[C@@H](O)C(O)C1O.CNCCCCCC(=O)NCCOC.NC(=O)CCCCCNC=O.OCC1CC(O)C(O)CO1. The first-order valence-electron chi connectivity index (χ1n) is 23.2. The van der Waals surface area contributed by atoms with Crippen LogP contribution < -0.4 is 32.3 Å². The Bertz CT molecular complexity index is 1260. The van der Waals surface area contributed by atoms with Gasteiger partial charge < -0.3 is 91.8 Å². The number of methoxy groups -OCH3 is 1. The summed E-state index contributed by atoms with van der Waals surface area (Å²) < 4.78 is 20.3. The number of carbonyl (C=O) groups excluding carboxylic acids is 6. The summed E-state index contributed by atoms with van der Waals surface area (Å²) in [6.45, 7) is 6.00. The maximum Gasteiger partial charge on any atom is 0.234 e. The Balaban J connectivity index is 0. The molecule has 5 amide bonds. The van der Waals surface area contributed by atoms with Crippen LogP contribution >= 0.6 is 0 Å². The van der Waals surface area contributed by atoms with E-state index in [9.17, 15) is 44.1 Å². The zero-order valence-electron chi connectivity index (χ0n) is 39.9. The summed E-state index contributed by atoms with van der Waals surface area (Å²) in [6.07, 6.45) is 2.66. The smallest absolute Gasteiger partial charge is 0.234 e. The number of hydrogen-bond acceptors (Lipinski definition) is 19. The molecule has 0 aliphatic carbocycles. The molecule has 0 radical (unpaired) electrons. The highest BCUT2D eigenvalue weighted by Crippen LogP contribution is 2.21. The lowest BCUT2D eigenvalue weighted by Gasteiger charge is -2.39. The molecule has 24 nitrogen and oxygen atoms in total. The first-order valence-corrected chi connectivity index (χ1v) is 23.2. The van der Waals surface area contributed by atoms with Gasteiger partial charge in [-0.05, 0) is 58.7 Å². The first kappa shape index (κ1) is 65.6. The summed E-state index contributed by atoms with van der Waals surface area (Å²) in [7, 11) is 3.57. The minimum Gasteiger partial charge on any atom is -0.394 e. The fourth-order valence-corrected chi connectivity index (χ4v) is 6.02. The number of amides is 5. The monoisotopic (exact) mass is 972 g/mol. The second kappa shape index (κ2) is 45.0. The van der Waals surface area contributed by atoms with Crippen molar-refractivity contribution in [1.29, 1.82) is 0 Å². The Morgan fingerprint density at radius 1 is 0.716 bits per heavy atom. The molecule has 0 aromatic rings. The molecule has 24 heteroatoms. The molecular formula is C43H85N7O17. The Labute approximate surface area is 395 Å². The van der Waals surface area contributed by atoms with Crippen molar-refractivity contribution in [2.45, 2.75) is 139 Å². The third-order valence-corrected chi connectivity index (χ3v) is 10.0. The zero-order valence-corrected chi connectivity index (χ0v) is 39.9. The summed E-state index contributed by atoms with van der Waals surface area (Å²) in [5, 5.41) is 78.8. The minimum absolute atomic E-state index is 0.0132. The topological polar surface area (TPSA) is 370 Å². The Morgan fingerprint density at radius 3 is 1.82 bits per heavy atom. The van der Waals surface area contributed by atoms with Crippen molar-refractivity contribution >= 4 is 36.3 Å². The zero-order chi connectivity index (χ0) is 50.7. The predicted octanol–water partition coefficient (Wildman–Crippen LogP) is -4.09. The summed E-state index contributed by atoms with van der Waals surface area (Å²) in [5.41, 5.74) is 4.92. The molecule has 0 aromatic carbocycles. The Hall–Kier alpha value is -3.50. The van der Waals surface area contributed by atoms with Gasteiger partial charge in [-0.3, -0.25) is 28.9 Å². The highest BCUT2D eigenvalue weighted by Gasteiger charge is 2.44. The van der Waals surface area contributed by atoms with Crippen molar-refractivity contribution in [3.8, 4) is 0 Å². The van der Waals surface area contributed by atoms with Crippen molar-refractivity contribution < 1.29 is 83.5 Å². The lowest BCUT2D eigenvalue weighted by molar-refractivity contribution is -0.300. The second-order valence-corrected chi connectivity index (χ2v) is 15.7. The van der Waals surface area contributed by atoms with Crippen molar-refractivity contribution in [3.63, 3.8) is 0 Å². The molecule has 6 unspecified atom stereocenters. The van der Waals surface area contributed by atoms with Gasteiger partial charge in [-0.25, -0.2) is 0 Å². The van der Waals surface area contributed by atoms with Crippen LogP contribution in [-0.4, -0.2) is 226 Å². The molecule has 0 saturated carbocycles. The van der Waals surface area contributed by atoms with Crippen molar-refractivity contribution in [1.82, 2.24) is 31.5 Å². The fraction of sp³-hybridized carbons (Fsp3) is 0.860. The van der Waals surface area contributed by atoms with Crippen LogP contribution in [0.5, 0.6) is 0 Å². The van der Waals surface area contributed by atoms with Gasteiger partial charge in [-0.2, -0.15) is 0 Å². The van der Waals surface area contributed by atoms with Crippen LogP contribution in [0.1, 0.15) is 90.4 Å². The molecule has 2 saturated heterocycles. The Kier molecular flexibility index (Phi) is 44.0. The molecule has 2 fully saturated rings. The molecule has 2 rings (SSSR count). The number of ether oxygens (including phenoxy) is 4. The van der Waals surface area contributed by atoms with E-state index < -0.39 is 49.5 Å². The molecule has 2 heterocycles. The summed E-state index contributed by atoms with van der Waals surface area (Å²) >= 11 is 0. The van der Waals surface area contributed by atoms with Crippen molar-refractivity contribution in [2.75, 3.05) is 99.5 Å². The predicted molar refractivity (Wildman–Crippen MR) is 245 cm³/mol. The molecule has 0 bridgehead atoms. The van der Waals surface area contributed by atoms with Gasteiger partial charge in [0.25, 0.3) is 0 Å². The quantitative estimate of drug-likeness (QED) is 0.0220. The lowest BCUT2D eigenvalue weighted by atomic mass is 9.99. The van der Waals surface area contributed by atoms with E-state index in [0.717, 1.165) is 64.2 Å². The molecule has 0 aromatic heterocycles. The molecule has 14 N–H and O–H groups in total. The maximum absolute atomic E-state index is 11.9. The lowest BCUT2D eigenvalue weighted by Crippen LogP contribution is -2.59. The highest BCUT2D eigenvalue weighted by atomic mass is 16.7. The number of unbranched alkanes of at least 4 members (excludes halogenated alkanes) is 6. The number of carbonyl (C=O) groups is 6. The van der Waals surface area contributed by atoms with E-state index in [-0.39, 0.29) is 69.2 Å². The van der Waals surface area contributed by atoms with E-state index in [2.05, 4.69) is 26.6 Å². The molecular weight excluding hydrogens is 887 g/mol. The minimum atomic E-state index is -1.51. The van der Waals surface area contributed by atoms with E-state index >= 15 is 0 Å². The first-order chi connectivity index (χ1) is 32.1. The number of aliphatic hydroxyl groups excluding tert-OH is 7. The van der Waals surface area contributed by atoms with Crippen LogP contribution in [0.2, 0.25) is 0 Å². The van der Waals surface area contributed by atoms with Gasteiger partial charge in [0, 0.05) is 59.0 Å². The number of aliphatic hydroxyl groups is 7. The molecule has 67 heavy (non-hydrogen) atoms. The number of nitrogens with two attached hydrogens (primary N) is 1. The Morgan fingerprint density at radius 2 is 1.30 bits per heavy atom. The van der Waals surface area contributed by atoms with E-state index in [1.807, 2.05) is 14.0 Å². The summed E-state index contributed by atoms with van der Waals surface area (Å²) in [5.74, 6) is -0.426. The highest BCUT2D eigenvalue weighted by molar-refractivity contribution is 5.78. The van der Waals surface area contributed by atoms with Gasteiger partial charge in [0.2, 0.25) is 30.0 Å². The van der Waals surface area contributed by atoms with Gasteiger partial charge in [0.15, 0.2) is 6.29 Å². The largest absolute Gasteiger partial charge is 0.394 e. The number of nitrogens with zero attached hydrogens (tertiary/aromatic N) is 1. The fourth-order valence-electron chi connectivity index (χ4n) is 6.02. The van der Waals surface area contributed by atoms with Crippen LogP contribution in [0.25, 0.3) is 0 Å². The van der Waals surface area contributed by atoms with E-state index in [0.29, 0.717) is 71.3 Å². The van der Waals surface area contributed by atoms with Gasteiger partial charge >= 0.3 is 0 Å². The third-order valence-electron chi connectivity index (χ3n) is 10.0. The van der Waals surface area contributed by atoms with Crippen LogP contribution in [0.15, 0.2) is 0 Å². The average molecular weight is 972 g/mol. The van der Waals surface area contributed by atoms with Crippen molar-refractivity contribution in [3.05, 3.63) is 0 Å². The van der Waals surface area contributed by atoms with E-state index in [4.69, 9.17) is 45.1 Å². The standard InChI is InChI=1S/C20H37N3O9.C10H22N2O2.C7H14N2O2.C6H12O4/c1-2-23(9-10-24)12-16(27)21-7-5-3-4-6-15(26)22-8-11-31-20-19(30)18(29)17(28)14(13-25)32-20;1-11-7-5-3-4-6-10(13)12-8-9-14-2;8-7(11)4-2-1-3-5-9-6-10;7-2-4-1-5(8)6(9)3-10-4/h10,14,17-20,25,28-30H,2-9,11-13H2,1H3,(H,21,27)(H,22,26);11H,3-9H2,1-2H3,(H,12,13);6H,1-5H2,(H2,8,11)(H,9,10);4-9H,1-3H2/t14?,17-,18?,19?,20+;;;/m1.../s1. The van der Waals surface area contributed by atoms with Crippen LogP contribution in [0, 0.1) is 0 Å². The van der Waals surface area contributed by atoms with Crippen LogP contribution in [-0.2, 0) is 47.7 Å². The van der Waals surface area contributed by atoms with Gasteiger partial charge in [0.05, 0.1) is 58.3 Å². The van der Waals surface area contributed by atoms with Gasteiger partial charge in [-0.15, -0.1) is 0 Å². The number of rotatable bonds is 33. The molecule has 2 aliphatic heterocycles. The van der Waals surface area contributed by atoms with Crippen LogP contribution in [0.4, 0.5) is 0 Å². The van der Waals surface area contributed by atoms with Crippen molar-refractivity contribution in [2.24, 2.45) is 5.73 Å². The number of primary amides is 1. The second-order valence-electron chi connectivity index (χ2n) is 15.7. The third kappa shape index (κ3) is 37.1. The summed E-state index contributed by atoms with van der Waals surface area (Å²) in [4.78, 5) is 67.0. The average Bonchev–Trinajstić information content (AvgIpc) is 3.31. The van der Waals surface area contributed by atoms with Gasteiger partial charge in [-0.1, -0.05) is 26.2 Å². The maximum atomic E-state index is 11.9. The number of nitrogens with one attached hydrogen (secondary N) is 5. The molecule has 8 atom stereocenters. The van der Waals surface area contributed by atoms with Crippen LogP contribution in [0.3, 0.4) is 0 Å². The molecule has 2 aliphatic rings.